The molecule has 0 saturated carbocycles. The van der Waals surface area contributed by atoms with E-state index in [1.807, 2.05) is 0 Å². The maximum Gasteiger partial charge on any atom is 0.250 e. The van der Waals surface area contributed by atoms with Crippen molar-refractivity contribution in [3.63, 3.8) is 0 Å². The van der Waals surface area contributed by atoms with Gasteiger partial charge in [-0.15, -0.1) is 11.3 Å². The van der Waals surface area contributed by atoms with Crippen molar-refractivity contribution in [2.45, 2.75) is 11.1 Å². The number of hydrogen-bond acceptors (Lipinski definition) is 5. The van der Waals surface area contributed by atoms with Gasteiger partial charge >= 0.3 is 0 Å². The zero-order valence-corrected chi connectivity index (χ0v) is 13.8. The topological polar surface area (TPSA) is 92.3 Å². The molecule has 0 atom stereocenters. The van der Waals surface area contributed by atoms with Crippen LogP contribution in [-0.2, 0) is 20.0 Å². The Bertz CT molecular complexity index is 601. The largest absolute Gasteiger partial charge is 0.250 e. The summed E-state index contributed by atoms with van der Waals surface area (Å²) in [7, 11) is -6.87. The first-order valence-corrected chi connectivity index (χ1v) is 9.80. The molecule has 0 aliphatic rings. The maximum absolute atomic E-state index is 11.8. The highest BCUT2D eigenvalue weighted by atomic mass is 79.9. The number of rotatable bonds is 6. The summed E-state index contributed by atoms with van der Waals surface area (Å²) >= 11 is 4.36. The molecule has 0 fully saturated rings. The number of halogens is 1. The van der Waals surface area contributed by atoms with Crippen LogP contribution in [0.5, 0.6) is 0 Å². The minimum absolute atomic E-state index is 0.00394. The number of hydrogen-bond donors (Lipinski definition) is 2. The molecule has 104 valence electrons. The number of aryl methyl sites for hydroxylation is 1. The lowest BCUT2D eigenvalue weighted by atomic mass is 10.4. The molecule has 1 aromatic heterocycles. The van der Waals surface area contributed by atoms with Gasteiger partial charge < -0.3 is 0 Å². The smallest absolute Gasteiger partial charge is 0.214 e. The molecule has 1 aromatic rings. The lowest BCUT2D eigenvalue weighted by molar-refractivity contribution is 0.574. The highest BCUT2D eigenvalue weighted by Gasteiger charge is 2.17. The van der Waals surface area contributed by atoms with Crippen LogP contribution in [0.2, 0.25) is 0 Å². The van der Waals surface area contributed by atoms with Crippen LogP contribution in [0.15, 0.2) is 14.1 Å². The number of nitrogens with one attached hydrogen (secondary N) is 2. The van der Waals surface area contributed by atoms with Crippen LogP contribution in [0.1, 0.15) is 5.56 Å². The number of thiophene rings is 1. The molecule has 1 rings (SSSR count). The van der Waals surface area contributed by atoms with Crippen molar-refractivity contribution >= 4 is 47.3 Å². The van der Waals surface area contributed by atoms with Gasteiger partial charge in [0.15, 0.2) is 0 Å². The molecule has 0 aromatic carbocycles. The molecule has 18 heavy (non-hydrogen) atoms. The summed E-state index contributed by atoms with van der Waals surface area (Å²) in [6.45, 7) is 1.82. The fourth-order valence-electron chi connectivity index (χ4n) is 1.06. The molecule has 10 heteroatoms. The predicted molar refractivity (Wildman–Crippen MR) is 74.8 cm³/mol. The minimum atomic E-state index is -3.58. The van der Waals surface area contributed by atoms with Crippen molar-refractivity contribution < 1.29 is 16.8 Å². The summed E-state index contributed by atoms with van der Waals surface area (Å²) in [5.41, 5.74) is 0.842. The lowest BCUT2D eigenvalue weighted by Crippen LogP contribution is -2.33. The van der Waals surface area contributed by atoms with E-state index in [9.17, 15) is 16.8 Å². The summed E-state index contributed by atoms with van der Waals surface area (Å²) in [6.07, 6.45) is 1.02. The minimum Gasteiger partial charge on any atom is -0.214 e. The third kappa shape index (κ3) is 4.94. The van der Waals surface area contributed by atoms with Crippen molar-refractivity contribution in [3.05, 3.63) is 15.4 Å². The molecular weight excluding hydrogens is 364 g/mol. The third-order valence-corrected chi connectivity index (χ3v) is 6.68. The quantitative estimate of drug-likeness (QED) is 0.712. The molecule has 0 spiro atoms. The molecule has 0 amide bonds. The first kappa shape index (κ1) is 16.1. The second kappa shape index (κ2) is 5.97. The zero-order chi connectivity index (χ0) is 14.0. The van der Waals surface area contributed by atoms with E-state index in [4.69, 9.17) is 0 Å². The second-order valence-electron chi connectivity index (χ2n) is 3.59. The first-order chi connectivity index (χ1) is 8.12. The van der Waals surface area contributed by atoms with Gasteiger partial charge in [0.2, 0.25) is 20.0 Å². The Morgan fingerprint density at radius 2 is 1.78 bits per heavy atom. The van der Waals surface area contributed by atoms with Gasteiger partial charge in [0, 0.05) is 13.1 Å². The Morgan fingerprint density at radius 1 is 1.22 bits per heavy atom. The van der Waals surface area contributed by atoms with Crippen LogP contribution in [-0.4, -0.2) is 36.2 Å². The molecule has 6 nitrogen and oxygen atoms in total. The van der Waals surface area contributed by atoms with Crippen molar-refractivity contribution in [3.8, 4) is 0 Å². The van der Waals surface area contributed by atoms with E-state index in [1.54, 1.807) is 13.0 Å². The lowest BCUT2D eigenvalue weighted by Gasteiger charge is -2.04. The Labute approximate surface area is 119 Å². The summed E-state index contributed by atoms with van der Waals surface area (Å²) in [6, 6.07) is 1.56. The molecular formula is C8H13BrN2O4S3. The fraction of sp³-hybridized carbons (Fsp3) is 0.500. The normalized spacial score (nSPS) is 12.8. The Morgan fingerprint density at radius 3 is 2.22 bits per heavy atom. The zero-order valence-electron chi connectivity index (χ0n) is 9.73. The molecule has 0 saturated heterocycles. The number of sulfonamides is 2. The summed E-state index contributed by atoms with van der Waals surface area (Å²) in [5.74, 6) is 0. The fourth-order valence-corrected chi connectivity index (χ4v) is 4.83. The second-order valence-corrected chi connectivity index (χ2v) is 9.78. The van der Waals surface area contributed by atoms with Crippen LogP contribution in [0, 0.1) is 6.92 Å². The van der Waals surface area contributed by atoms with Crippen molar-refractivity contribution in [1.29, 1.82) is 0 Å². The van der Waals surface area contributed by atoms with Gasteiger partial charge in [-0.25, -0.2) is 26.3 Å². The van der Waals surface area contributed by atoms with Crippen LogP contribution < -0.4 is 9.44 Å². The standard InChI is InChI=1S/C8H13BrN2O4S3/c1-6-5-7(16-8(6)9)18(14,15)11-4-3-10-17(2,12)13/h5,10-11H,3-4H2,1-2H3. The van der Waals surface area contributed by atoms with Crippen molar-refractivity contribution in [2.24, 2.45) is 0 Å². The van der Waals surface area contributed by atoms with E-state index in [-0.39, 0.29) is 17.3 Å². The van der Waals surface area contributed by atoms with Crippen molar-refractivity contribution in [1.82, 2.24) is 9.44 Å². The van der Waals surface area contributed by atoms with E-state index in [2.05, 4.69) is 25.4 Å². The van der Waals surface area contributed by atoms with Gasteiger partial charge in [-0.3, -0.25) is 0 Å². The average Bonchev–Trinajstić information content (AvgIpc) is 2.54. The van der Waals surface area contributed by atoms with E-state index < -0.39 is 20.0 Å². The predicted octanol–water partition coefficient (Wildman–Crippen LogP) is 0.647. The molecule has 2 N–H and O–H groups in total. The van der Waals surface area contributed by atoms with Gasteiger partial charge in [-0.05, 0) is 34.5 Å². The molecule has 1 heterocycles. The van der Waals surface area contributed by atoms with Gasteiger partial charge in [0.1, 0.15) is 4.21 Å². The van der Waals surface area contributed by atoms with Crippen LogP contribution in [0.25, 0.3) is 0 Å². The van der Waals surface area contributed by atoms with E-state index in [0.29, 0.717) is 0 Å². The summed E-state index contributed by atoms with van der Waals surface area (Å²) < 4.78 is 50.7. The third-order valence-electron chi connectivity index (χ3n) is 1.88. The van der Waals surface area contributed by atoms with Gasteiger partial charge in [-0.2, -0.15) is 0 Å². The van der Waals surface area contributed by atoms with Crippen LogP contribution in [0.3, 0.4) is 0 Å². The molecule has 0 radical (unpaired) electrons. The van der Waals surface area contributed by atoms with Crippen LogP contribution >= 0.6 is 27.3 Å². The molecule has 0 unspecified atom stereocenters. The summed E-state index contributed by atoms with van der Waals surface area (Å²) in [5, 5.41) is 0. The monoisotopic (exact) mass is 376 g/mol. The Hall–Kier alpha value is -0.000000000000000111. The first-order valence-electron chi connectivity index (χ1n) is 4.82. The molecule has 0 aliphatic heterocycles. The highest BCUT2D eigenvalue weighted by molar-refractivity contribution is 9.11. The van der Waals surface area contributed by atoms with Gasteiger partial charge in [0.25, 0.3) is 0 Å². The van der Waals surface area contributed by atoms with Gasteiger partial charge in [0.05, 0.1) is 10.0 Å². The Kier molecular flexibility index (Phi) is 5.32. The molecule has 0 bridgehead atoms. The van der Waals surface area contributed by atoms with E-state index >= 15 is 0 Å². The average molecular weight is 377 g/mol. The highest BCUT2D eigenvalue weighted by Crippen LogP contribution is 2.30. The summed E-state index contributed by atoms with van der Waals surface area (Å²) in [4.78, 5) is 0. The van der Waals surface area contributed by atoms with Crippen LogP contribution in [0.4, 0.5) is 0 Å². The van der Waals surface area contributed by atoms with E-state index in [1.165, 1.54) is 0 Å². The SMILES string of the molecule is Cc1cc(S(=O)(=O)NCCNS(C)(=O)=O)sc1Br. The molecule has 0 aliphatic carbocycles. The van der Waals surface area contributed by atoms with E-state index in [0.717, 1.165) is 26.9 Å². The maximum atomic E-state index is 11.8. The van der Waals surface area contributed by atoms with Gasteiger partial charge in [-0.1, -0.05) is 0 Å². The van der Waals surface area contributed by atoms with Crippen molar-refractivity contribution in [2.75, 3.05) is 19.3 Å². The Balaban J connectivity index is 2.61.